The second-order valence-corrected chi connectivity index (χ2v) is 7.38. The molecule has 0 radical (unpaired) electrons. The van der Waals surface area contributed by atoms with Crippen LogP contribution in [0.5, 0.6) is 0 Å². The van der Waals surface area contributed by atoms with Crippen LogP contribution in [-0.2, 0) is 0 Å². The number of hydrogen-bond donors (Lipinski definition) is 4. The Labute approximate surface area is 138 Å². The Bertz CT molecular complexity index is 684. The molecule has 0 bridgehead atoms. The molecule has 122 valence electrons. The maximum atomic E-state index is 12.6. The number of thiophene rings is 1. The van der Waals surface area contributed by atoms with Crippen molar-refractivity contribution in [2.24, 2.45) is 11.8 Å². The Kier molecular flexibility index (Phi) is 3.92. The van der Waals surface area contributed by atoms with Crippen LogP contribution in [-0.4, -0.2) is 46.4 Å². The third-order valence-corrected chi connectivity index (χ3v) is 5.90. The first kappa shape index (κ1) is 14.9. The zero-order chi connectivity index (χ0) is 15.8. The lowest BCUT2D eigenvalue weighted by molar-refractivity contribution is 0.0462. The minimum absolute atomic E-state index is 0.171. The first-order valence-corrected chi connectivity index (χ1v) is 8.87. The van der Waals surface area contributed by atoms with Crippen molar-refractivity contribution in [2.45, 2.75) is 25.0 Å². The van der Waals surface area contributed by atoms with E-state index in [1.54, 1.807) is 17.5 Å². The molecule has 2 fully saturated rings. The van der Waals surface area contributed by atoms with E-state index in [1.165, 1.54) is 0 Å². The summed E-state index contributed by atoms with van der Waals surface area (Å²) in [6.07, 6.45) is 2.67. The third kappa shape index (κ3) is 2.80. The second kappa shape index (κ2) is 6.07. The fourth-order valence-electron chi connectivity index (χ4n) is 3.76. The van der Waals surface area contributed by atoms with Crippen molar-refractivity contribution >= 4 is 17.2 Å². The highest BCUT2D eigenvalue weighted by Crippen LogP contribution is 2.33. The van der Waals surface area contributed by atoms with Gasteiger partial charge >= 0.3 is 0 Å². The molecule has 3 heterocycles. The first-order chi connectivity index (χ1) is 11.2. The van der Waals surface area contributed by atoms with Gasteiger partial charge in [-0.15, -0.1) is 11.3 Å². The monoisotopic (exact) mass is 332 g/mol. The molecule has 1 amide bonds. The zero-order valence-corrected chi connectivity index (χ0v) is 13.5. The molecular formula is C16H20N4O2S. The van der Waals surface area contributed by atoms with Crippen molar-refractivity contribution < 1.29 is 9.90 Å². The van der Waals surface area contributed by atoms with Gasteiger partial charge in [-0.1, -0.05) is 6.07 Å². The minimum atomic E-state index is -0.475. The van der Waals surface area contributed by atoms with Crippen LogP contribution in [0.15, 0.2) is 23.7 Å². The number of nitrogens with one attached hydrogen (secondary N) is 3. The highest BCUT2D eigenvalue weighted by molar-refractivity contribution is 7.13. The van der Waals surface area contributed by atoms with Gasteiger partial charge in [-0.2, -0.15) is 5.10 Å². The van der Waals surface area contributed by atoms with Crippen molar-refractivity contribution in [3.05, 3.63) is 29.3 Å². The number of hydrogen-bond acceptors (Lipinski definition) is 5. The molecular weight excluding hydrogens is 312 g/mol. The summed E-state index contributed by atoms with van der Waals surface area (Å²) in [7, 11) is 0. The fraction of sp³-hybridized carbons (Fsp3) is 0.500. The van der Waals surface area contributed by atoms with E-state index in [9.17, 15) is 9.90 Å². The van der Waals surface area contributed by atoms with Crippen LogP contribution in [0, 0.1) is 11.8 Å². The SMILES string of the molecule is O=C(N[C@H]1C[C@H]2CNC[C@H]2C[C@@H]1O)c1cn[nH]c1-c1cccs1. The van der Waals surface area contributed by atoms with Crippen LogP contribution in [0.25, 0.3) is 10.6 Å². The summed E-state index contributed by atoms with van der Waals surface area (Å²) in [6.45, 7) is 1.96. The number of fused-ring (bicyclic) bond motifs is 1. The van der Waals surface area contributed by atoms with E-state index in [-0.39, 0.29) is 11.9 Å². The molecule has 1 aliphatic carbocycles. The number of aromatic amines is 1. The molecule has 0 aromatic carbocycles. The summed E-state index contributed by atoms with van der Waals surface area (Å²) in [4.78, 5) is 13.6. The predicted octanol–water partition coefficient (Wildman–Crippen LogP) is 1.23. The van der Waals surface area contributed by atoms with Crippen LogP contribution >= 0.6 is 11.3 Å². The summed E-state index contributed by atoms with van der Waals surface area (Å²) in [5.74, 6) is 0.911. The first-order valence-electron chi connectivity index (χ1n) is 7.99. The van der Waals surface area contributed by atoms with Gasteiger partial charge in [0.25, 0.3) is 5.91 Å². The Hall–Kier alpha value is -1.70. The quantitative estimate of drug-likeness (QED) is 0.680. The average molecular weight is 332 g/mol. The molecule has 23 heavy (non-hydrogen) atoms. The maximum absolute atomic E-state index is 12.6. The molecule has 1 aliphatic heterocycles. The van der Waals surface area contributed by atoms with Crippen molar-refractivity contribution in [1.29, 1.82) is 0 Å². The van der Waals surface area contributed by atoms with Gasteiger partial charge < -0.3 is 15.7 Å². The molecule has 2 aromatic rings. The molecule has 1 saturated carbocycles. The lowest BCUT2D eigenvalue weighted by atomic mass is 9.77. The van der Waals surface area contributed by atoms with Crippen LogP contribution < -0.4 is 10.6 Å². The molecule has 2 aromatic heterocycles. The maximum Gasteiger partial charge on any atom is 0.255 e. The Morgan fingerprint density at radius 2 is 2.17 bits per heavy atom. The van der Waals surface area contributed by atoms with E-state index in [0.29, 0.717) is 17.4 Å². The standard InChI is InChI=1S/C16H20N4O2S/c21-13-5-10-7-17-6-9(10)4-12(13)19-16(22)11-8-18-20-15(11)14-2-1-3-23-14/h1-3,8-10,12-13,17,21H,4-7H2,(H,18,20)(H,19,22)/t9-,10+,12-,13-/m0/s1. The Balaban J connectivity index is 1.49. The van der Waals surface area contributed by atoms with Crippen molar-refractivity contribution in [3.63, 3.8) is 0 Å². The summed E-state index contributed by atoms with van der Waals surface area (Å²) in [5.41, 5.74) is 1.27. The van der Waals surface area contributed by atoms with Crippen molar-refractivity contribution in [1.82, 2.24) is 20.8 Å². The zero-order valence-electron chi connectivity index (χ0n) is 12.7. The highest BCUT2D eigenvalue weighted by Gasteiger charge is 2.39. The molecule has 0 unspecified atom stereocenters. The summed E-state index contributed by atoms with van der Waals surface area (Å²) < 4.78 is 0. The minimum Gasteiger partial charge on any atom is -0.391 e. The van der Waals surface area contributed by atoms with Gasteiger partial charge in [0.1, 0.15) is 0 Å². The van der Waals surface area contributed by atoms with Gasteiger partial charge in [0.2, 0.25) is 0 Å². The highest BCUT2D eigenvalue weighted by atomic mass is 32.1. The number of nitrogens with zero attached hydrogens (tertiary/aromatic N) is 1. The summed E-state index contributed by atoms with van der Waals surface area (Å²) in [6, 6.07) is 3.72. The molecule has 0 spiro atoms. The summed E-state index contributed by atoms with van der Waals surface area (Å²) in [5, 5.41) is 25.6. The van der Waals surface area contributed by atoms with Gasteiger partial charge in [0.05, 0.1) is 34.5 Å². The number of aliphatic hydroxyl groups is 1. The van der Waals surface area contributed by atoms with Gasteiger partial charge in [-0.25, -0.2) is 0 Å². The fourth-order valence-corrected chi connectivity index (χ4v) is 4.50. The molecule has 4 rings (SSSR count). The normalized spacial score (nSPS) is 30.1. The van der Waals surface area contributed by atoms with Gasteiger partial charge in [-0.3, -0.25) is 9.89 Å². The van der Waals surface area contributed by atoms with E-state index in [0.717, 1.165) is 36.5 Å². The van der Waals surface area contributed by atoms with Gasteiger partial charge in [-0.05, 0) is 49.2 Å². The lowest BCUT2D eigenvalue weighted by Gasteiger charge is -2.35. The molecule has 1 saturated heterocycles. The lowest BCUT2D eigenvalue weighted by Crippen LogP contribution is -2.49. The Morgan fingerprint density at radius 3 is 2.96 bits per heavy atom. The van der Waals surface area contributed by atoms with E-state index in [4.69, 9.17) is 0 Å². The molecule has 4 atom stereocenters. The van der Waals surface area contributed by atoms with E-state index < -0.39 is 6.10 Å². The van der Waals surface area contributed by atoms with Crippen LogP contribution in [0.2, 0.25) is 0 Å². The number of aromatic nitrogens is 2. The van der Waals surface area contributed by atoms with Gasteiger partial charge in [0.15, 0.2) is 0 Å². The number of aliphatic hydroxyl groups excluding tert-OH is 1. The van der Waals surface area contributed by atoms with E-state index in [1.807, 2.05) is 17.5 Å². The second-order valence-electron chi connectivity index (χ2n) is 6.43. The molecule has 4 N–H and O–H groups in total. The Morgan fingerprint density at radius 1 is 1.35 bits per heavy atom. The smallest absolute Gasteiger partial charge is 0.255 e. The number of amides is 1. The summed E-state index contributed by atoms with van der Waals surface area (Å²) >= 11 is 1.56. The van der Waals surface area contributed by atoms with E-state index >= 15 is 0 Å². The van der Waals surface area contributed by atoms with E-state index in [2.05, 4.69) is 20.8 Å². The van der Waals surface area contributed by atoms with Crippen LogP contribution in [0.3, 0.4) is 0 Å². The molecule has 2 aliphatic rings. The number of carbonyl (C=O) groups is 1. The molecule has 7 heteroatoms. The third-order valence-electron chi connectivity index (χ3n) is 5.01. The number of carbonyl (C=O) groups excluding carboxylic acids is 1. The topological polar surface area (TPSA) is 90.0 Å². The predicted molar refractivity (Wildman–Crippen MR) is 88.2 cm³/mol. The average Bonchev–Trinajstić information content (AvgIpc) is 3.27. The number of H-pyrrole nitrogens is 1. The van der Waals surface area contributed by atoms with Gasteiger partial charge in [0, 0.05) is 0 Å². The largest absolute Gasteiger partial charge is 0.391 e. The van der Waals surface area contributed by atoms with Crippen molar-refractivity contribution in [2.75, 3.05) is 13.1 Å². The van der Waals surface area contributed by atoms with Crippen LogP contribution in [0.4, 0.5) is 0 Å². The molecule has 6 nitrogen and oxygen atoms in total. The number of rotatable bonds is 3. The van der Waals surface area contributed by atoms with Crippen LogP contribution in [0.1, 0.15) is 23.2 Å². The van der Waals surface area contributed by atoms with Crippen molar-refractivity contribution in [3.8, 4) is 10.6 Å².